The molecule has 0 amide bonds. The summed E-state index contributed by atoms with van der Waals surface area (Å²) in [6.45, 7) is 4.47. The van der Waals surface area contributed by atoms with Gasteiger partial charge in [-0.2, -0.15) is 0 Å². The normalized spacial score (nSPS) is 17.1. The van der Waals surface area contributed by atoms with Gasteiger partial charge in [0.2, 0.25) is 0 Å². The van der Waals surface area contributed by atoms with Crippen molar-refractivity contribution in [3.8, 4) is 5.75 Å². The molecule has 0 bridgehead atoms. The van der Waals surface area contributed by atoms with E-state index in [1.165, 1.54) is 27.8 Å². The highest BCUT2D eigenvalue weighted by Crippen LogP contribution is 2.50. The summed E-state index contributed by atoms with van der Waals surface area (Å²) in [5.74, 6) is 0.872. The van der Waals surface area contributed by atoms with Crippen LogP contribution in [0.4, 0.5) is 5.69 Å². The standard InChI is InChI=1S/C20H19NO3/c1-20(2)18-11-15(24-3)7-5-13(18)8-17-16-10-14(21(22)23)6-4-12(16)9-19(17)20/h4-7,10-11H,8-9H2,1-3H3. The Morgan fingerprint density at radius 1 is 1.08 bits per heavy atom. The Balaban J connectivity index is 1.87. The van der Waals surface area contributed by atoms with Crippen molar-refractivity contribution < 1.29 is 9.66 Å². The molecular weight excluding hydrogens is 302 g/mol. The van der Waals surface area contributed by atoms with Crippen LogP contribution >= 0.6 is 0 Å². The molecule has 0 unspecified atom stereocenters. The fraction of sp³-hybridized carbons (Fsp3) is 0.300. The van der Waals surface area contributed by atoms with Crippen LogP contribution in [0.15, 0.2) is 42.0 Å². The Hall–Kier alpha value is -2.62. The van der Waals surface area contributed by atoms with Gasteiger partial charge in [-0.05, 0) is 52.8 Å². The van der Waals surface area contributed by atoms with Crippen molar-refractivity contribution in [3.05, 3.63) is 74.3 Å². The lowest BCUT2D eigenvalue weighted by molar-refractivity contribution is -0.384. The number of nitro benzene ring substituents is 1. The zero-order chi connectivity index (χ0) is 17.1. The lowest BCUT2D eigenvalue weighted by Crippen LogP contribution is -2.26. The first-order chi connectivity index (χ1) is 11.4. The first-order valence-electron chi connectivity index (χ1n) is 8.09. The van der Waals surface area contributed by atoms with E-state index in [9.17, 15) is 10.1 Å². The number of benzene rings is 2. The van der Waals surface area contributed by atoms with Crippen LogP contribution in [0.2, 0.25) is 0 Å². The third kappa shape index (κ3) is 1.99. The van der Waals surface area contributed by atoms with E-state index in [1.807, 2.05) is 12.1 Å². The first kappa shape index (κ1) is 14.9. The largest absolute Gasteiger partial charge is 0.497 e. The summed E-state index contributed by atoms with van der Waals surface area (Å²) >= 11 is 0. The molecule has 24 heavy (non-hydrogen) atoms. The van der Waals surface area contributed by atoms with E-state index < -0.39 is 0 Å². The first-order valence-corrected chi connectivity index (χ1v) is 8.09. The second kappa shape index (κ2) is 4.94. The van der Waals surface area contributed by atoms with Crippen molar-refractivity contribution in [1.29, 1.82) is 0 Å². The molecule has 4 nitrogen and oxygen atoms in total. The number of hydrogen-bond acceptors (Lipinski definition) is 3. The number of nitro groups is 1. The van der Waals surface area contributed by atoms with Crippen molar-refractivity contribution in [2.24, 2.45) is 0 Å². The second-order valence-electron chi connectivity index (χ2n) is 7.06. The van der Waals surface area contributed by atoms with E-state index in [1.54, 1.807) is 19.2 Å². The minimum Gasteiger partial charge on any atom is -0.497 e. The lowest BCUT2D eigenvalue weighted by Gasteiger charge is -2.35. The maximum absolute atomic E-state index is 11.1. The van der Waals surface area contributed by atoms with Crippen molar-refractivity contribution in [2.75, 3.05) is 7.11 Å². The fourth-order valence-corrected chi connectivity index (χ4v) is 4.14. The van der Waals surface area contributed by atoms with Gasteiger partial charge in [0.1, 0.15) is 5.75 Å². The molecular formula is C20H19NO3. The van der Waals surface area contributed by atoms with E-state index in [0.717, 1.165) is 24.2 Å². The van der Waals surface area contributed by atoms with Gasteiger partial charge in [0.05, 0.1) is 12.0 Å². The number of nitrogens with zero attached hydrogens (tertiary/aromatic N) is 1. The molecule has 0 saturated heterocycles. The quantitative estimate of drug-likeness (QED) is 0.606. The van der Waals surface area contributed by atoms with Crippen LogP contribution in [-0.4, -0.2) is 12.0 Å². The van der Waals surface area contributed by atoms with Gasteiger partial charge in [-0.25, -0.2) is 0 Å². The molecule has 122 valence electrons. The molecule has 0 radical (unpaired) electrons. The highest BCUT2D eigenvalue weighted by molar-refractivity contribution is 5.83. The van der Waals surface area contributed by atoms with E-state index in [2.05, 4.69) is 26.0 Å². The summed E-state index contributed by atoms with van der Waals surface area (Å²) in [6.07, 6.45) is 1.69. The molecule has 0 fully saturated rings. The molecule has 0 atom stereocenters. The van der Waals surface area contributed by atoms with Gasteiger partial charge in [0.15, 0.2) is 0 Å². The average Bonchev–Trinajstić information content (AvgIpc) is 2.93. The summed E-state index contributed by atoms with van der Waals surface area (Å²) in [5, 5.41) is 11.1. The summed E-state index contributed by atoms with van der Waals surface area (Å²) in [7, 11) is 1.69. The molecule has 0 aliphatic heterocycles. The number of non-ortho nitro benzene ring substituents is 1. The number of fused-ring (bicyclic) bond motifs is 3. The molecule has 4 heteroatoms. The number of allylic oxidation sites excluding steroid dienone is 2. The van der Waals surface area contributed by atoms with Crippen LogP contribution in [0.1, 0.15) is 36.1 Å². The van der Waals surface area contributed by atoms with Gasteiger partial charge in [-0.15, -0.1) is 0 Å². The van der Waals surface area contributed by atoms with Crippen LogP contribution in [0.3, 0.4) is 0 Å². The summed E-state index contributed by atoms with van der Waals surface area (Å²) in [5.41, 5.74) is 7.51. The summed E-state index contributed by atoms with van der Waals surface area (Å²) < 4.78 is 5.40. The Morgan fingerprint density at radius 3 is 2.54 bits per heavy atom. The maximum Gasteiger partial charge on any atom is 0.270 e. The van der Waals surface area contributed by atoms with Crippen LogP contribution in [0.5, 0.6) is 5.75 Å². The molecule has 0 aromatic heterocycles. The second-order valence-corrected chi connectivity index (χ2v) is 7.06. The molecule has 2 aliphatic rings. The Bertz CT molecular complexity index is 909. The van der Waals surface area contributed by atoms with Gasteiger partial charge in [-0.3, -0.25) is 10.1 Å². The average molecular weight is 321 g/mol. The number of ether oxygens (including phenoxy) is 1. The molecule has 0 saturated carbocycles. The van der Waals surface area contributed by atoms with E-state index in [0.29, 0.717) is 0 Å². The van der Waals surface area contributed by atoms with Crippen molar-refractivity contribution in [2.45, 2.75) is 32.1 Å². The highest BCUT2D eigenvalue weighted by Gasteiger charge is 2.39. The number of methoxy groups -OCH3 is 1. The van der Waals surface area contributed by atoms with Gasteiger partial charge >= 0.3 is 0 Å². The van der Waals surface area contributed by atoms with E-state index in [4.69, 9.17) is 4.74 Å². The Labute approximate surface area is 140 Å². The van der Waals surface area contributed by atoms with Gasteiger partial charge < -0.3 is 4.74 Å². The van der Waals surface area contributed by atoms with Gasteiger partial charge in [-0.1, -0.05) is 31.6 Å². The Kier molecular flexibility index (Phi) is 3.07. The molecule has 2 aromatic rings. The smallest absolute Gasteiger partial charge is 0.270 e. The van der Waals surface area contributed by atoms with Crippen LogP contribution in [-0.2, 0) is 18.3 Å². The van der Waals surface area contributed by atoms with Crippen LogP contribution in [0, 0.1) is 10.1 Å². The van der Waals surface area contributed by atoms with E-state index in [-0.39, 0.29) is 16.0 Å². The topological polar surface area (TPSA) is 52.4 Å². The molecule has 0 spiro atoms. The molecule has 2 aliphatic carbocycles. The monoisotopic (exact) mass is 321 g/mol. The fourth-order valence-electron chi connectivity index (χ4n) is 4.14. The number of rotatable bonds is 2. The summed E-state index contributed by atoms with van der Waals surface area (Å²) in [6, 6.07) is 11.5. The lowest BCUT2D eigenvalue weighted by atomic mass is 9.69. The molecule has 2 aromatic carbocycles. The maximum atomic E-state index is 11.1. The Morgan fingerprint density at radius 2 is 1.83 bits per heavy atom. The predicted octanol–water partition coefficient (Wildman–Crippen LogP) is 4.45. The van der Waals surface area contributed by atoms with E-state index >= 15 is 0 Å². The summed E-state index contributed by atoms with van der Waals surface area (Å²) in [4.78, 5) is 10.8. The third-order valence-corrected chi connectivity index (χ3v) is 5.47. The van der Waals surface area contributed by atoms with Crippen LogP contribution < -0.4 is 4.74 Å². The zero-order valence-electron chi connectivity index (χ0n) is 14.1. The number of hydrogen-bond donors (Lipinski definition) is 0. The van der Waals surface area contributed by atoms with Crippen LogP contribution in [0.25, 0.3) is 5.57 Å². The minimum atomic E-state index is -0.314. The van der Waals surface area contributed by atoms with Crippen molar-refractivity contribution in [3.63, 3.8) is 0 Å². The predicted molar refractivity (Wildman–Crippen MR) is 93.4 cm³/mol. The van der Waals surface area contributed by atoms with Gasteiger partial charge in [0.25, 0.3) is 5.69 Å². The SMILES string of the molecule is COc1ccc2c(c1)C(C)(C)C1=C(C2)c2cc([N+](=O)[O-])ccc2C1. The van der Waals surface area contributed by atoms with Crippen molar-refractivity contribution >= 4 is 11.3 Å². The molecule has 0 N–H and O–H groups in total. The third-order valence-electron chi connectivity index (χ3n) is 5.47. The van der Waals surface area contributed by atoms with Gasteiger partial charge in [0, 0.05) is 17.5 Å². The molecule has 4 rings (SSSR count). The van der Waals surface area contributed by atoms with Crippen molar-refractivity contribution in [1.82, 2.24) is 0 Å². The highest BCUT2D eigenvalue weighted by atomic mass is 16.6. The molecule has 0 heterocycles. The zero-order valence-corrected chi connectivity index (χ0v) is 14.1. The minimum absolute atomic E-state index is 0.106.